The molecule has 1 amide bonds. The summed E-state index contributed by atoms with van der Waals surface area (Å²) in [5.41, 5.74) is 3.41. The van der Waals surface area contributed by atoms with Gasteiger partial charge in [0.25, 0.3) is 0 Å². The van der Waals surface area contributed by atoms with Crippen molar-refractivity contribution >= 4 is 27.5 Å². The number of aryl methyl sites for hydroxylation is 1. The highest BCUT2D eigenvalue weighted by atomic mass is 79.9. The van der Waals surface area contributed by atoms with Crippen molar-refractivity contribution in [2.75, 3.05) is 18.4 Å². The van der Waals surface area contributed by atoms with E-state index in [4.69, 9.17) is 0 Å². The molecule has 0 bridgehead atoms. The normalized spacial score (nSPS) is 16.1. The lowest BCUT2D eigenvalue weighted by atomic mass is 9.95. The second kappa shape index (κ2) is 7.95. The summed E-state index contributed by atoms with van der Waals surface area (Å²) >= 11 is 3.52. The van der Waals surface area contributed by atoms with Gasteiger partial charge < -0.3 is 5.32 Å². The summed E-state index contributed by atoms with van der Waals surface area (Å²) in [5, 5.41) is 3.05. The molecule has 0 saturated carbocycles. The fraction of sp³-hybridized carbons (Fsp3) is 0.350. The lowest BCUT2D eigenvalue weighted by Gasteiger charge is -2.31. The Morgan fingerprint density at radius 3 is 2.54 bits per heavy atom. The van der Waals surface area contributed by atoms with E-state index in [9.17, 15) is 4.79 Å². The smallest absolute Gasteiger partial charge is 0.227 e. The zero-order valence-electron chi connectivity index (χ0n) is 14.0. The number of anilines is 1. The second-order valence-corrected chi connectivity index (χ2v) is 7.45. The Balaban J connectivity index is 1.49. The van der Waals surface area contributed by atoms with E-state index < -0.39 is 0 Å². The molecule has 3 nitrogen and oxygen atoms in total. The molecule has 2 aromatic carbocycles. The van der Waals surface area contributed by atoms with Crippen molar-refractivity contribution < 1.29 is 4.79 Å². The van der Waals surface area contributed by atoms with E-state index in [2.05, 4.69) is 44.3 Å². The first kappa shape index (κ1) is 17.2. The first-order chi connectivity index (χ1) is 11.6. The molecule has 2 aromatic rings. The van der Waals surface area contributed by atoms with E-state index in [1.165, 1.54) is 11.1 Å². The van der Waals surface area contributed by atoms with Gasteiger partial charge in [0, 0.05) is 22.6 Å². The number of hydrogen-bond acceptors (Lipinski definition) is 2. The van der Waals surface area contributed by atoms with Gasteiger partial charge in [0.15, 0.2) is 0 Å². The topological polar surface area (TPSA) is 32.3 Å². The van der Waals surface area contributed by atoms with Crippen LogP contribution < -0.4 is 5.32 Å². The summed E-state index contributed by atoms with van der Waals surface area (Å²) in [6.07, 6.45) is 1.84. The number of halogens is 1. The Bertz CT molecular complexity index is 691. The van der Waals surface area contributed by atoms with Crippen molar-refractivity contribution in [3.63, 3.8) is 0 Å². The molecule has 3 rings (SSSR count). The van der Waals surface area contributed by atoms with Crippen LogP contribution in [0.15, 0.2) is 53.0 Å². The predicted molar refractivity (Wildman–Crippen MR) is 102 cm³/mol. The standard InChI is InChI=1S/C20H23BrN2O/c1-15-5-7-19(8-6-15)22-20(24)17-9-11-23(12-10-17)14-16-3-2-4-18(21)13-16/h2-8,13,17H,9-12,14H2,1H3,(H,22,24). The van der Waals surface area contributed by atoms with Gasteiger partial charge in [-0.15, -0.1) is 0 Å². The van der Waals surface area contributed by atoms with Crippen LogP contribution in [0.4, 0.5) is 5.69 Å². The van der Waals surface area contributed by atoms with Gasteiger partial charge in [-0.3, -0.25) is 9.69 Å². The lowest BCUT2D eigenvalue weighted by molar-refractivity contribution is -0.121. The third-order valence-corrected chi connectivity index (χ3v) is 5.07. The predicted octanol–water partition coefficient (Wildman–Crippen LogP) is 4.61. The van der Waals surface area contributed by atoms with E-state index in [1.807, 2.05) is 37.3 Å². The number of nitrogens with zero attached hydrogens (tertiary/aromatic N) is 1. The molecule has 126 valence electrons. The largest absolute Gasteiger partial charge is 0.326 e. The van der Waals surface area contributed by atoms with Crippen LogP contribution in [0.2, 0.25) is 0 Å². The summed E-state index contributed by atoms with van der Waals surface area (Å²) in [4.78, 5) is 14.9. The van der Waals surface area contributed by atoms with Crippen molar-refractivity contribution in [1.29, 1.82) is 0 Å². The maximum atomic E-state index is 12.4. The number of likely N-dealkylation sites (tertiary alicyclic amines) is 1. The molecule has 0 aliphatic carbocycles. The molecule has 0 aromatic heterocycles. The summed E-state index contributed by atoms with van der Waals surface area (Å²) in [7, 11) is 0. The number of hydrogen-bond donors (Lipinski definition) is 1. The fourth-order valence-corrected chi connectivity index (χ4v) is 3.57. The average Bonchev–Trinajstić information content (AvgIpc) is 2.57. The molecule has 0 atom stereocenters. The molecule has 0 radical (unpaired) electrons. The molecule has 1 fully saturated rings. The number of rotatable bonds is 4. The van der Waals surface area contributed by atoms with Gasteiger partial charge >= 0.3 is 0 Å². The van der Waals surface area contributed by atoms with Crippen LogP contribution in [0.3, 0.4) is 0 Å². The Morgan fingerprint density at radius 2 is 1.88 bits per heavy atom. The van der Waals surface area contributed by atoms with Crippen molar-refractivity contribution in [3.05, 3.63) is 64.1 Å². The molecular weight excluding hydrogens is 364 g/mol. The highest BCUT2D eigenvalue weighted by molar-refractivity contribution is 9.10. The van der Waals surface area contributed by atoms with Gasteiger partial charge in [0.2, 0.25) is 5.91 Å². The summed E-state index contributed by atoms with van der Waals surface area (Å²) < 4.78 is 1.12. The van der Waals surface area contributed by atoms with E-state index in [0.717, 1.165) is 42.6 Å². The zero-order chi connectivity index (χ0) is 16.9. The minimum atomic E-state index is 0.116. The molecular formula is C20H23BrN2O. The van der Waals surface area contributed by atoms with Gasteiger partial charge in [-0.1, -0.05) is 45.8 Å². The highest BCUT2D eigenvalue weighted by Crippen LogP contribution is 2.22. The minimum absolute atomic E-state index is 0.116. The van der Waals surface area contributed by atoms with Gasteiger partial charge in [-0.05, 0) is 62.7 Å². The Labute approximate surface area is 152 Å². The van der Waals surface area contributed by atoms with Gasteiger partial charge in [-0.25, -0.2) is 0 Å². The van der Waals surface area contributed by atoms with Crippen LogP contribution in [0.5, 0.6) is 0 Å². The summed E-state index contributed by atoms with van der Waals surface area (Å²) in [6.45, 7) is 4.94. The van der Waals surface area contributed by atoms with Gasteiger partial charge in [-0.2, -0.15) is 0 Å². The van der Waals surface area contributed by atoms with E-state index in [0.29, 0.717) is 0 Å². The molecule has 1 heterocycles. The van der Waals surface area contributed by atoms with Crippen LogP contribution in [0, 0.1) is 12.8 Å². The maximum Gasteiger partial charge on any atom is 0.227 e. The van der Waals surface area contributed by atoms with Crippen LogP contribution in [0.1, 0.15) is 24.0 Å². The second-order valence-electron chi connectivity index (χ2n) is 6.54. The third-order valence-electron chi connectivity index (χ3n) is 4.57. The number of carbonyl (C=O) groups is 1. The van der Waals surface area contributed by atoms with Gasteiger partial charge in [0.05, 0.1) is 0 Å². The average molecular weight is 387 g/mol. The SMILES string of the molecule is Cc1ccc(NC(=O)C2CCN(Cc3cccc(Br)c3)CC2)cc1. The molecule has 1 aliphatic heterocycles. The first-order valence-electron chi connectivity index (χ1n) is 8.44. The summed E-state index contributed by atoms with van der Waals surface area (Å²) in [5.74, 6) is 0.269. The Kier molecular flexibility index (Phi) is 5.69. The third kappa shape index (κ3) is 4.68. The zero-order valence-corrected chi connectivity index (χ0v) is 15.6. The number of carbonyl (C=O) groups excluding carboxylic acids is 1. The minimum Gasteiger partial charge on any atom is -0.326 e. The summed E-state index contributed by atoms with van der Waals surface area (Å²) in [6, 6.07) is 16.4. The van der Waals surface area contributed by atoms with Crippen LogP contribution in [0.25, 0.3) is 0 Å². The van der Waals surface area contributed by atoms with E-state index >= 15 is 0 Å². The Morgan fingerprint density at radius 1 is 1.17 bits per heavy atom. The number of piperidine rings is 1. The first-order valence-corrected chi connectivity index (χ1v) is 9.24. The van der Waals surface area contributed by atoms with Gasteiger partial charge in [0.1, 0.15) is 0 Å². The van der Waals surface area contributed by atoms with Crippen LogP contribution >= 0.6 is 15.9 Å². The molecule has 1 saturated heterocycles. The van der Waals surface area contributed by atoms with Crippen molar-refractivity contribution in [2.45, 2.75) is 26.3 Å². The molecule has 1 N–H and O–H groups in total. The van der Waals surface area contributed by atoms with E-state index in [1.54, 1.807) is 0 Å². The molecule has 1 aliphatic rings. The van der Waals surface area contributed by atoms with E-state index in [-0.39, 0.29) is 11.8 Å². The molecule has 0 spiro atoms. The molecule has 4 heteroatoms. The lowest BCUT2D eigenvalue weighted by Crippen LogP contribution is -2.37. The Hall–Kier alpha value is -1.65. The number of nitrogens with one attached hydrogen (secondary N) is 1. The van der Waals surface area contributed by atoms with Crippen molar-refractivity contribution in [3.8, 4) is 0 Å². The molecule has 0 unspecified atom stereocenters. The quantitative estimate of drug-likeness (QED) is 0.831. The highest BCUT2D eigenvalue weighted by Gasteiger charge is 2.25. The van der Waals surface area contributed by atoms with Crippen molar-refractivity contribution in [2.24, 2.45) is 5.92 Å². The monoisotopic (exact) mass is 386 g/mol. The molecule has 24 heavy (non-hydrogen) atoms. The number of amides is 1. The number of benzene rings is 2. The van der Waals surface area contributed by atoms with Crippen LogP contribution in [-0.4, -0.2) is 23.9 Å². The van der Waals surface area contributed by atoms with Crippen LogP contribution in [-0.2, 0) is 11.3 Å². The van der Waals surface area contributed by atoms with Crippen molar-refractivity contribution in [1.82, 2.24) is 4.90 Å². The fourth-order valence-electron chi connectivity index (χ4n) is 3.13. The maximum absolute atomic E-state index is 12.4.